The predicted octanol–water partition coefficient (Wildman–Crippen LogP) is 6.14. The molecular formula is C32H33N5O4. The molecule has 0 unspecified atom stereocenters. The van der Waals surface area contributed by atoms with Crippen LogP contribution < -0.4 is 10.6 Å². The van der Waals surface area contributed by atoms with Crippen LogP contribution in [0.15, 0.2) is 63.5 Å². The van der Waals surface area contributed by atoms with Gasteiger partial charge in [0, 0.05) is 30.7 Å². The lowest BCUT2D eigenvalue weighted by Gasteiger charge is -2.22. The van der Waals surface area contributed by atoms with E-state index in [0.29, 0.717) is 46.1 Å². The number of carbonyl (C=O) groups is 2. The van der Waals surface area contributed by atoms with E-state index in [4.69, 9.17) is 13.9 Å². The Bertz CT molecular complexity index is 1750. The fourth-order valence-electron chi connectivity index (χ4n) is 4.79. The number of benzene rings is 2. The molecule has 0 saturated heterocycles. The number of amides is 2. The van der Waals surface area contributed by atoms with E-state index in [0.717, 1.165) is 34.4 Å². The summed E-state index contributed by atoms with van der Waals surface area (Å²) in [7, 11) is 1.60. The van der Waals surface area contributed by atoms with E-state index in [9.17, 15) is 9.59 Å². The Morgan fingerprint density at radius 2 is 1.71 bits per heavy atom. The highest BCUT2D eigenvalue weighted by atomic mass is 16.5. The van der Waals surface area contributed by atoms with E-state index < -0.39 is 5.54 Å². The molecule has 0 fully saturated rings. The van der Waals surface area contributed by atoms with Crippen molar-refractivity contribution in [2.45, 2.75) is 53.0 Å². The van der Waals surface area contributed by atoms with Gasteiger partial charge in [-0.25, -0.2) is 4.98 Å². The zero-order chi connectivity index (χ0) is 29.3. The van der Waals surface area contributed by atoms with Gasteiger partial charge >= 0.3 is 0 Å². The molecule has 0 aliphatic carbocycles. The first-order valence-electron chi connectivity index (χ1n) is 13.6. The smallest absolute Gasteiger partial charge is 0.255 e. The van der Waals surface area contributed by atoms with Crippen LogP contribution in [0.5, 0.6) is 0 Å². The molecule has 5 rings (SSSR count). The average molecular weight is 552 g/mol. The number of nitrogens with one attached hydrogen (secondary N) is 2. The fraction of sp³-hybridized carbons (Fsp3) is 0.281. The van der Waals surface area contributed by atoms with Gasteiger partial charge in [-0.2, -0.15) is 4.98 Å². The zero-order valence-electron chi connectivity index (χ0n) is 24.1. The van der Waals surface area contributed by atoms with Gasteiger partial charge in [-0.1, -0.05) is 60.5 Å². The number of rotatable bonds is 8. The first kappa shape index (κ1) is 27.8. The summed E-state index contributed by atoms with van der Waals surface area (Å²) < 4.78 is 11.3. The number of fused-ring (bicyclic) bond motifs is 1. The standard InChI is InChI=1S/C32H33N5O4/c1-7-9-25-23(21-10-8-11-22(16-21)28(38)36-32(4,5)31-34-19(3)41-37-31)17-24-26(29(39)33-6)27(40-30(24)35-25)20-14-12-18(2)13-15-20/h8,10-17H,7,9H2,1-6H3,(H,33,39)(H,36,38). The number of hydrogen-bond donors (Lipinski definition) is 2. The molecule has 0 atom stereocenters. The predicted molar refractivity (Wildman–Crippen MR) is 157 cm³/mol. The molecule has 5 aromatic rings. The summed E-state index contributed by atoms with van der Waals surface area (Å²) in [6.45, 7) is 9.43. The van der Waals surface area contributed by atoms with E-state index in [1.165, 1.54) is 0 Å². The van der Waals surface area contributed by atoms with Gasteiger partial charge in [0.05, 0.1) is 22.2 Å². The summed E-state index contributed by atoms with van der Waals surface area (Å²) in [6, 6.07) is 17.1. The Labute approximate surface area is 238 Å². The molecule has 210 valence electrons. The molecule has 2 amide bonds. The van der Waals surface area contributed by atoms with Crippen LogP contribution in [0.25, 0.3) is 33.6 Å². The van der Waals surface area contributed by atoms with Crippen molar-refractivity contribution in [2.75, 3.05) is 7.05 Å². The summed E-state index contributed by atoms with van der Waals surface area (Å²) in [5.74, 6) is 0.754. The molecule has 0 saturated carbocycles. The van der Waals surface area contributed by atoms with Crippen LogP contribution in [-0.4, -0.2) is 34.0 Å². The minimum atomic E-state index is -0.843. The molecule has 9 heteroatoms. The van der Waals surface area contributed by atoms with Gasteiger partial charge in [0.15, 0.2) is 5.82 Å². The normalized spacial score (nSPS) is 11.6. The third-order valence-electron chi connectivity index (χ3n) is 6.96. The second-order valence-corrected chi connectivity index (χ2v) is 10.6. The quantitative estimate of drug-likeness (QED) is 0.237. The number of carbonyl (C=O) groups excluding carboxylic acids is 2. The van der Waals surface area contributed by atoms with Crippen LogP contribution in [0.1, 0.15) is 70.9 Å². The van der Waals surface area contributed by atoms with Crippen molar-refractivity contribution in [1.82, 2.24) is 25.8 Å². The fourth-order valence-corrected chi connectivity index (χ4v) is 4.79. The Hall–Kier alpha value is -4.79. The number of nitrogens with zero attached hydrogens (tertiary/aromatic N) is 3. The average Bonchev–Trinajstić information content (AvgIpc) is 3.56. The second kappa shape index (κ2) is 11.0. The van der Waals surface area contributed by atoms with Crippen molar-refractivity contribution >= 4 is 22.9 Å². The summed E-state index contributed by atoms with van der Waals surface area (Å²) in [5.41, 5.74) is 4.83. The van der Waals surface area contributed by atoms with Crippen LogP contribution >= 0.6 is 0 Å². The van der Waals surface area contributed by atoms with Gasteiger partial charge in [0.1, 0.15) is 5.76 Å². The van der Waals surface area contributed by atoms with E-state index in [1.54, 1.807) is 20.0 Å². The maximum absolute atomic E-state index is 13.3. The highest BCUT2D eigenvalue weighted by Crippen LogP contribution is 2.37. The molecule has 0 bridgehead atoms. The Morgan fingerprint density at radius 3 is 2.37 bits per heavy atom. The lowest BCUT2D eigenvalue weighted by Crippen LogP contribution is -2.41. The van der Waals surface area contributed by atoms with Gasteiger partial charge in [-0.05, 0) is 51.0 Å². The van der Waals surface area contributed by atoms with Crippen molar-refractivity contribution < 1.29 is 18.5 Å². The summed E-state index contributed by atoms with van der Waals surface area (Å²) in [6.07, 6.45) is 1.56. The van der Waals surface area contributed by atoms with Gasteiger partial charge in [-0.3, -0.25) is 9.59 Å². The van der Waals surface area contributed by atoms with Gasteiger partial charge in [0.2, 0.25) is 11.6 Å². The number of aromatic nitrogens is 3. The zero-order valence-corrected chi connectivity index (χ0v) is 24.1. The molecule has 0 aliphatic heterocycles. The van der Waals surface area contributed by atoms with Gasteiger partial charge in [0.25, 0.3) is 11.8 Å². The van der Waals surface area contributed by atoms with Crippen molar-refractivity contribution in [3.63, 3.8) is 0 Å². The summed E-state index contributed by atoms with van der Waals surface area (Å²) >= 11 is 0. The van der Waals surface area contributed by atoms with Crippen LogP contribution in [0.2, 0.25) is 0 Å². The Morgan fingerprint density at radius 1 is 0.951 bits per heavy atom. The Balaban J connectivity index is 1.60. The SMILES string of the molecule is CCCc1nc2oc(-c3ccc(C)cc3)c(C(=O)NC)c2cc1-c1cccc(C(=O)NC(C)(C)c2noc(C)n2)c1. The number of furan rings is 1. The molecule has 41 heavy (non-hydrogen) atoms. The van der Waals surface area contributed by atoms with Crippen LogP contribution in [0, 0.1) is 13.8 Å². The van der Waals surface area contributed by atoms with Crippen molar-refractivity contribution in [3.8, 4) is 22.5 Å². The monoisotopic (exact) mass is 551 g/mol. The number of aryl methyl sites for hydroxylation is 3. The van der Waals surface area contributed by atoms with E-state index in [1.807, 2.05) is 69.3 Å². The highest BCUT2D eigenvalue weighted by Gasteiger charge is 2.29. The van der Waals surface area contributed by atoms with Crippen LogP contribution in [0.4, 0.5) is 0 Å². The molecule has 2 N–H and O–H groups in total. The van der Waals surface area contributed by atoms with Crippen molar-refractivity contribution in [1.29, 1.82) is 0 Å². The number of hydrogen-bond acceptors (Lipinski definition) is 7. The molecule has 0 aliphatic rings. The van der Waals surface area contributed by atoms with E-state index >= 15 is 0 Å². The molecule has 0 spiro atoms. The third-order valence-corrected chi connectivity index (χ3v) is 6.96. The van der Waals surface area contributed by atoms with Gasteiger partial charge in [-0.15, -0.1) is 0 Å². The van der Waals surface area contributed by atoms with Gasteiger partial charge < -0.3 is 19.6 Å². The molecular weight excluding hydrogens is 518 g/mol. The molecule has 3 aromatic heterocycles. The molecule has 0 radical (unpaired) electrons. The highest BCUT2D eigenvalue weighted by molar-refractivity contribution is 6.11. The first-order valence-corrected chi connectivity index (χ1v) is 13.6. The lowest BCUT2D eigenvalue weighted by atomic mass is 9.96. The molecule has 3 heterocycles. The minimum Gasteiger partial charge on any atom is -0.437 e. The van der Waals surface area contributed by atoms with E-state index in [2.05, 4.69) is 27.7 Å². The van der Waals surface area contributed by atoms with Crippen LogP contribution in [0.3, 0.4) is 0 Å². The maximum Gasteiger partial charge on any atom is 0.255 e. The topological polar surface area (TPSA) is 123 Å². The lowest BCUT2D eigenvalue weighted by molar-refractivity contribution is 0.0906. The Kier molecular flexibility index (Phi) is 7.45. The van der Waals surface area contributed by atoms with Crippen LogP contribution in [-0.2, 0) is 12.0 Å². The maximum atomic E-state index is 13.3. The largest absolute Gasteiger partial charge is 0.437 e. The third kappa shape index (κ3) is 5.48. The first-order chi connectivity index (χ1) is 19.6. The second-order valence-electron chi connectivity index (χ2n) is 10.6. The summed E-state index contributed by atoms with van der Waals surface area (Å²) in [4.78, 5) is 35.6. The van der Waals surface area contributed by atoms with Crippen molar-refractivity contribution in [3.05, 3.63) is 88.7 Å². The van der Waals surface area contributed by atoms with Crippen molar-refractivity contribution in [2.24, 2.45) is 0 Å². The summed E-state index contributed by atoms with van der Waals surface area (Å²) in [5, 5.41) is 10.3. The molecule has 9 nitrogen and oxygen atoms in total. The molecule has 2 aromatic carbocycles. The van der Waals surface area contributed by atoms with E-state index in [-0.39, 0.29) is 11.8 Å². The number of pyridine rings is 1. The minimum absolute atomic E-state index is 0.262.